The van der Waals surface area contributed by atoms with Crippen molar-refractivity contribution in [1.29, 1.82) is 0 Å². The van der Waals surface area contributed by atoms with Crippen LogP contribution in [-0.4, -0.2) is 18.9 Å². The van der Waals surface area contributed by atoms with E-state index in [9.17, 15) is 4.79 Å². The van der Waals surface area contributed by atoms with Crippen LogP contribution in [0.5, 0.6) is 0 Å². The fraction of sp³-hybridized carbons (Fsp3) is 0.900. The van der Waals surface area contributed by atoms with Crippen LogP contribution in [0.1, 0.15) is 32.1 Å². The summed E-state index contributed by atoms with van der Waals surface area (Å²) in [5, 5.41) is 3.53. The molecule has 0 bridgehead atoms. The van der Waals surface area contributed by atoms with Crippen LogP contribution >= 0.6 is 0 Å². The SMILES string of the molecule is O=CC1CCCC2NCCCC12. The van der Waals surface area contributed by atoms with Crippen molar-refractivity contribution in [2.75, 3.05) is 6.54 Å². The van der Waals surface area contributed by atoms with Gasteiger partial charge in [0.25, 0.3) is 0 Å². The molecule has 1 heterocycles. The molecule has 1 aliphatic carbocycles. The number of rotatable bonds is 1. The number of nitrogens with one attached hydrogen (secondary N) is 1. The number of fused-ring (bicyclic) bond motifs is 1. The van der Waals surface area contributed by atoms with E-state index < -0.39 is 0 Å². The van der Waals surface area contributed by atoms with E-state index in [-0.39, 0.29) is 0 Å². The highest BCUT2D eigenvalue weighted by Gasteiger charge is 2.34. The number of piperidine rings is 1. The van der Waals surface area contributed by atoms with E-state index in [1.165, 1.54) is 32.0 Å². The summed E-state index contributed by atoms with van der Waals surface area (Å²) >= 11 is 0. The van der Waals surface area contributed by atoms with Gasteiger partial charge in [0.1, 0.15) is 6.29 Å². The van der Waals surface area contributed by atoms with Crippen molar-refractivity contribution in [3.05, 3.63) is 0 Å². The minimum absolute atomic E-state index is 0.358. The first kappa shape index (κ1) is 8.24. The number of hydrogen-bond donors (Lipinski definition) is 1. The number of carbonyl (C=O) groups is 1. The van der Waals surface area contributed by atoms with Crippen LogP contribution in [0.2, 0.25) is 0 Å². The molecule has 68 valence electrons. The second kappa shape index (κ2) is 3.56. The summed E-state index contributed by atoms with van der Waals surface area (Å²) in [7, 11) is 0. The first-order valence-corrected chi connectivity index (χ1v) is 5.10. The Morgan fingerprint density at radius 1 is 1.17 bits per heavy atom. The van der Waals surface area contributed by atoms with Gasteiger partial charge in [-0.15, -0.1) is 0 Å². The maximum Gasteiger partial charge on any atom is 0.123 e. The van der Waals surface area contributed by atoms with Gasteiger partial charge < -0.3 is 10.1 Å². The second-order valence-electron chi connectivity index (χ2n) is 4.10. The fourth-order valence-electron chi connectivity index (χ4n) is 2.76. The zero-order chi connectivity index (χ0) is 8.39. The Morgan fingerprint density at radius 3 is 2.92 bits per heavy atom. The Kier molecular flexibility index (Phi) is 2.45. The molecule has 0 aromatic heterocycles. The van der Waals surface area contributed by atoms with Crippen molar-refractivity contribution >= 4 is 6.29 Å². The molecule has 2 aliphatic rings. The van der Waals surface area contributed by atoms with Gasteiger partial charge in [0, 0.05) is 12.0 Å². The average Bonchev–Trinajstić information content (AvgIpc) is 2.17. The largest absolute Gasteiger partial charge is 0.314 e. The minimum Gasteiger partial charge on any atom is -0.314 e. The van der Waals surface area contributed by atoms with Crippen LogP contribution in [0.4, 0.5) is 0 Å². The van der Waals surface area contributed by atoms with Gasteiger partial charge in [0.2, 0.25) is 0 Å². The van der Waals surface area contributed by atoms with Crippen LogP contribution in [0.3, 0.4) is 0 Å². The van der Waals surface area contributed by atoms with Gasteiger partial charge in [0.15, 0.2) is 0 Å². The predicted octanol–water partition coefficient (Wildman–Crippen LogP) is 1.35. The standard InChI is InChI=1S/C10H17NO/c12-7-8-3-1-5-10-9(8)4-2-6-11-10/h7-11H,1-6H2. The summed E-state index contributed by atoms with van der Waals surface area (Å²) in [6, 6.07) is 0.655. The molecule has 1 N–H and O–H groups in total. The van der Waals surface area contributed by atoms with Gasteiger partial charge in [-0.3, -0.25) is 0 Å². The van der Waals surface area contributed by atoms with E-state index >= 15 is 0 Å². The molecule has 0 amide bonds. The van der Waals surface area contributed by atoms with E-state index in [1.807, 2.05) is 0 Å². The van der Waals surface area contributed by atoms with Crippen molar-refractivity contribution in [3.63, 3.8) is 0 Å². The van der Waals surface area contributed by atoms with E-state index in [2.05, 4.69) is 5.32 Å². The summed E-state index contributed by atoms with van der Waals surface area (Å²) in [6.07, 6.45) is 7.36. The van der Waals surface area contributed by atoms with E-state index in [4.69, 9.17) is 0 Å². The molecule has 2 fully saturated rings. The molecule has 2 heteroatoms. The maximum absolute atomic E-state index is 10.8. The molecule has 0 aromatic carbocycles. The molecule has 2 nitrogen and oxygen atoms in total. The molecule has 0 spiro atoms. The highest BCUT2D eigenvalue weighted by Crippen LogP contribution is 2.34. The molecule has 2 rings (SSSR count). The number of hydrogen-bond acceptors (Lipinski definition) is 2. The normalized spacial score (nSPS) is 41.8. The lowest BCUT2D eigenvalue weighted by Gasteiger charge is -2.39. The van der Waals surface area contributed by atoms with Crippen molar-refractivity contribution < 1.29 is 4.79 Å². The third-order valence-corrected chi connectivity index (χ3v) is 3.41. The minimum atomic E-state index is 0.358. The van der Waals surface area contributed by atoms with Crippen molar-refractivity contribution in [3.8, 4) is 0 Å². The first-order valence-electron chi connectivity index (χ1n) is 5.10. The maximum atomic E-state index is 10.8. The van der Waals surface area contributed by atoms with Crippen molar-refractivity contribution in [2.24, 2.45) is 11.8 Å². The first-order chi connectivity index (χ1) is 5.92. The zero-order valence-corrected chi connectivity index (χ0v) is 7.46. The fourth-order valence-corrected chi connectivity index (χ4v) is 2.76. The Morgan fingerprint density at radius 2 is 2.08 bits per heavy atom. The molecular weight excluding hydrogens is 150 g/mol. The highest BCUT2D eigenvalue weighted by molar-refractivity contribution is 5.54. The predicted molar refractivity (Wildman–Crippen MR) is 47.9 cm³/mol. The highest BCUT2D eigenvalue weighted by atomic mass is 16.1. The topological polar surface area (TPSA) is 29.1 Å². The smallest absolute Gasteiger partial charge is 0.123 e. The summed E-state index contributed by atoms with van der Waals surface area (Å²) in [6.45, 7) is 1.16. The molecule has 12 heavy (non-hydrogen) atoms. The summed E-state index contributed by atoms with van der Waals surface area (Å²) in [4.78, 5) is 10.8. The number of aldehydes is 1. The van der Waals surface area contributed by atoms with Gasteiger partial charge >= 0.3 is 0 Å². The van der Waals surface area contributed by atoms with E-state index in [0.29, 0.717) is 17.9 Å². The van der Waals surface area contributed by atoms with Gasteiger partial charge in [0.05, 0.1) is 0 Å². The third kappa shape index (κ3) is 1.40. The summed E-state index contributed by atoms with van der Waals surface area (Å²) in [5.41, 5.74) is 0. The Bertz CT molecular complexity index is 167. The van der Waals surface area contributed by atoms with Gasteiger partial charge in [-0.1, -0.05) is 6.42 Å². The van der Waals surface area contributed by atoms with Crippen LogP contribution < -0.4 is 5.32 Å². The van der Waals surface area contributed by atoms with Crippen molar-refractivity contribution in [2.45, 2.75) is 38.1 Å². The van der Waals surface area contributed by atoms with Gasteiger partial charge in [-0.2, -0.15) is 0 Å². The molecule has 1 saturated heterocycles. The van der Waals surface area contributed by atoms with Crippen LogP contribution in [0, 0.1) is 11.8 Å². The summed E-state index contributed by atoms with van der Waals surface area (Å²) < 4.78 is 0. The second-order valence-corrected chi connectivity index (χ2v) is 4.10. The Balaban J connectivity index is 2.03. The van der Waals surface area contributed by atoms with Gasteiger partial charge in [-0.05, 0) is 38.1 Å². The molecule has 0 radical (unpaired) electrons. The van der Waals surface area contributed by atoms with Crippen LogP contribution in [0.15, 0.2) is 0 Å². The zero-order valence-electron chi connectivity index (χ0n) is 7.46. The van der Waals surface area contributed by atoms with E-state index in [0.717, 1.165) is 13.0 Å². The molecule has 1 saturated carbocycles. The summed E-state index contributed by atoms with van der Waals surface area (Å²) in [5.74, 6) is 1.02. The van der Waals surface area contributed by atoms with E-state index in [1.54, 1.807) is 0 Å². The monoisotopic (exact) mass is 167 g/mol. The quantitative estimate of drug-likeness (QED) is 0.597. The lowest BCUT2D eigenvalue weighted by atomic mass is 9.73. The molecule has 1 aliphatic heterocycles. The van der Waals surface area contributed by atoms with Gasteiger partial charge in [-0.25, -0.2) is 0 Å². The lowest BCUT2D eigenvalue weighted by Crippen LogP contribution is -2.47. The molecule has 3 unspecified atom stereocenters. The molecular formula is C10H17NO. The average molecular weight is 167 g/mol. The molecule has 3 atom stereocenters. The molecule has 0 aromatic rings. The third-order valence-electron chi connectivity index (χ3n) is 3.41. The van der Waals surface area contributed by atoms with Crippen LogP contribution in [0.25, 0.3) is 0 Å². The van der Waals surface area contributed by atoms with Crippen LogP contribution in [-0.2, 0) is 4.79 Å². The Hall–Kier alpha value is -0.370. The Labute approximate surface area is 73.7 Å². The lowest BCUT2D eigenvalue weighted by molar-refractivity contribution is -0.114. The van der Waals surface area contributed by atoms with Crippen molar-refractivity contribution in [1.82, 2.24) is 5.32 Å². The number of carbonyl (C=O) groups excluding carboxylic acids is 1.